The summed E-state index contributed by atoms with van der Waals surface area (Å²) >= 11 is 0. The summed E-state index contributed by atoms with van der Waals surface area (Å²) in [6.45, 7) is 2.25. The van der Waals surface area contributed by atoms with Crippen LogP contribution in [0.2, 0.25) is 0 Å². The van der Waals surface area contributed by atoms with Crippen molar-refractivity contribution in [3.8, 4) is 0 Å². The number of aromatic nitrogens is 2. The van der Waals surface area contributed by atoms with Gasteiger partial charge < -0.3 is 5.73 Å². The van der Waals surface area contributed by atoms with Crippen LogP contribution in [-0.2, 0) is 0 Å². The van der Waals surface area contributed by atoms with Crippen LogP contribution in [0.1, 0.15) is 50.6 Å². The SMILES string of the molecule is CCC1(C(N)c2cncnc2)CCCC1. The number of rotatable bonds is 3. The molecule has 0 aromatic carbocycles. The summed E-state index contributed by atoms with van der Waals surface area (Å²) in [5.41, 5.74) is 7.75. The highest BCUT2D eigenvalue weighted by Gasteiger charge is 2.38. The zero-order valence-corrected chi connectivity index (χ0v) is 9.32. The van der Waals surface area contributed by atoms with E-state index >= 15 is 0 Å². The Balaban J connectivity index is 2.22. The van der Waals surface area contributed by atoms with Gasteiger partial charge in [0, 0.05) is 24.0 Å². The van der Waals surface area contributed by atoms with Crippen molar-refractivity contribution in [1.82, 2.24) is 9.97 Å². The highest BCUT2D eigenvalue weighted by molar-refractivity contribution is 5.14. The van der Waals surface area contributed by atoms with E-state index in [0.29, 0.717) is 5.41 Å². The fraction of sp³-hybridized carbons (Fsp3) is 0.667. The summed E-state index contributed by atoms with van der Waals surface area (Å²) in [7, 11) is 0. The molecule has 1 aromatic rings. The van der Waals surface area contributed by atoms with Crippen molar-refractivity contribution in [2.24, 2.45) is 11.1 Å². The van der Waals surface area contributed by atoms with Crippen LogP contribution >= 0.6 is 0 Å². The van der Waals surface area contributed by atoms with Crippen LogP contribution in [0.25, 0.3) is 0 Å². The molecular formula is C12H19N3. The third-order valence-electron chi connectivity index (χ3n) is 3.90. The van der Waals surface area contributed by atoms with Gasteiger partial charge >= 0.3 is 0 Å². The van der Waals surface area contributed by atoms with Gasteiger partial charge in [-0.1, -0.05) is 19.8 Å². The molecule has 1 heterocycles. The van der Waals surface area contributed by atoms with Crippen molar-refractivity contribution in [2.75, 3.05) is 0 Å². The average molecular weight is 205 g/mol. The molecule has 2 N–H and O–H groups in total. The highest BCUT2D eigenvalue weighted by Crippen LogP contribution is 2.48. The molecule has 1 fully saturated rings. The van der Waals surface area contributed by atoms with Crippen LogP contribution in [0.15, 0.2) is 18.7 Å². The first-order chi connectivity index (χ1) is 7.28. The van der Waals surface area contributed by atoms with E-state index in [1.165, 1.54) is 25.7 Å². The largest absolute Gasteiger partial charge is 0.323 e. The first kappa shape index (κ1) is 10.6. The molecule has 0 radical (unpaired) electrons. The molecule has 0 saturated heterocycles. The van der Waals surface area contributed by atoms with Crippen molar-refractivity contribution >= 4 is 0 Å². The summed E-state index contributed by atoms with van der Waals surface area (Å²) in [5.74, 6) is 0. The summed E-state index contributed by atoms with van der Waals surface area (Å²) in [5, 5.41) is 0. The molecule has 82 valence electrons. The Morgan fingerprint density at radius 2 is 1.93 bits per heavy atom. The Morgan fingerprint density at radius 1 is 1.33 bits per heavy atom. The maximum Gasteiger partial charge on any atom is 0.115 e. The van der Waals surface area contributed by atoms with Gasteiger partial charge in [-0.25, -0.2) is 9.97 Å². The lowest BCUT2D eigenvalue weighted by atomic mass is 9.74. The second-order valence-electron chi connectivity index (χ2n) is 4.57. The molecule has 1 aliphatic carbocycles. The van der Waals surface area contributed by atoms with Crippen molar-refractivity contribution in [3.05, 3.63) is 24.3 Å². The third-order valence-corrected chi connectivity index (χ3v) is 3.90. The summed E-state index contributed by atoms with van der Waals surface area (Å²) in [6.07, 6.45) is 11.6. The van der Waals surface area contributed by atoms with E-state index in [1.807, 2.05) is 12.4 Å². The number of hydrogen-bond acceptors (Lipinski definition) is 3. The monoisotopic (exact) mass is 205 g/mol. The molecule has 0 bridgehead atoms. The van der Waals surface area contributed by atoms with Crippen molar-refractivity contribution < 1.29 is 0 Å². The standard InChI is InChI=1S/C12H19N3/c1-2-12(5-3-4-6-12)11(13)10-7-14-9-15-8-10/h7-9,11H,2-6,13H2,1H3. The molecule has 1 atom stereocenters. The van der Waals surface area contributed by atoms with Gasteiger partial charge in [0.1, 0.15) is 6.33 Å². The molecule has 0 aliphatic heterocycles. The van der Waals surface area contributed by atoms with Crippen LogP contribution in [0.5, 0.6) is 0 Å². The molecule has 0 amide bonds. The Kier molecular flexibility index (Phi) is 3.00. The van der Waals surface area contributed by atoms with Crippen LogP contribution < -0.4 is 5.73 Å². The van der Waals surface area contributed by atoms with Crippen LogP contribution in [0.3, 0.4) is 0 Å². The highest BCUT2D eigenvalue weighted by atomic mass is 14.8. The van der Waals surface area contributed by atoms with Crippen LogP contribution in [0, 0.1) is 5.41 Å². The summed E-state index contributed by atoms with van der Waals surface area (Å²) in [4.78, 5) is 8.10. The van der Waals surface area contributed by atoms with Crippen molar-refractivity contribution in [1.29, 1.82) is 0 Å². The second-order valence-corrected chi connectivity index (χ2v) is 4.57. The third kappa shape index (κ3) is 1.88. The lowest BCUT2D eigenvalue weighted by molar-refractivity contribution is 0.221. The summed E-state index contributed by atoms with van der Waals surface area (Å²) < 4.78 is 0. The smallest absolute Gasteiger partial charge is 0.115 e. The fourth-order valence-corrected chi connectivity index (χ4v) is 2.79. The van der Waals surface area contributed by atoms with Gasteiger partial charge in [0.2, 0.25) is 0 Å². The van der Waals surface area contributed by atoms with E-state index in [-0.39, 0.29) is 6.04 Å². The topological polar surface area (TPSA) is 51.8 Å². The first-order valence-electron chi connectivity index (χ1n) is 5.79. The van der Waals surface area contributed by atoms with Gasteiger partial charge in [0.15, 0.2) is 0 Å². The van der Waals surface area contributed by atoms with E-state index in [0.717, 1.165) is 12.0 Å². The Labute approximate surface area is 91.1 Å². The molecule has 1 saturated carbocycles. The molecule has 15 heavy (non-hydrogen) atoms. The summed E-state index contributed by atoms with van der Waals surface area (Å²) in [6, 6.07) is 0.103. The number of nitrogens with two attached hydrogens (primary N) is 1. The minimum Gasteiger partial charge on any atom is -0.323 e. The van der Waals surface area contributed by atoms with Crippen LogP contribution in [-0.4, -0.2) is 9.97 Å². The Hall–Kier alpha value is -0.960. The molecule has 1 aliphatic rings. The van der Waals surface area contributed by atoms with Crippen molar-refractivity contribution in [2.45, 2.75) is 45.1 Å². The predicted molar refractivity (Wildman–Crippen MR) is 60.2 cm³/mol. The normalized spacial score (nSPS) is 21.5. The fourth-order valence-electron chi connectivity index (χ4n) is 2.79. The van der Waals surface area contributed by atoms with E-state index < -0.39 is 0 Å². The quantitative estimate of drug-likeness (QED) is 0.824. The number of hydrogen-bond donors (Lipinski definition) is 1. The molecular weight excluding hydrogens is 186 g/mol. The van der Waals surface area contributed by atoms with E-state index in [2.05, 4.69) is 16.9 Å². The molecule has 3 nitrogen and oxygen atoms in total. The zero-order valence-electron chi connectivity index (χ0n) is 9.32. The predicted octanol–water partition coefficient (Wildman–Crippen LogP) is 2.45. The maximum absolute atomic E-state index is 6.37. The Bertz CT molecular complexity index is 304. The second kappa shape index (κ2) is 4.27. The molecule has 3 heteroatoms. The minimum absolute atomic E-state index is 0.103. The number of nitrogens with zero attached hydrogens (tertiary/aromatic N) is 2. The molecule has 2 rings (SSSR count). The van der Waals surface area contributed by atoms with Gasteiger partial charge in [0.05, 0.1) is 0 Å². The van der Waals surface area contributed by atoms with Gasteiger partial charge in [-0.15, -0.1) is 0 Å². The van der Waals surface area contributed by atoms with Gasteiger partial charge in [-0.05, 0) is 24.7 Å². The maximum atomic E-state index is 6.37. The lowest BCUT2D eigenvalue weighted by Gasteiger charge is -2.34. The van der Waals surface area contributed by atoms with Gasteiger partial charge in [-0.3, -0.25) is 0 Å². The van der Waals surface area contributed by atoms with Gasteiger partial charge in [0.25, 0.3) is 0 Å². The zero-order chi connectivity index (χ0) is 10.7. The van der Waals surface area contributed by atoms with E-state index in [4.69, 9.17) is 5.73 Å². The lowest BCUT2D eigenvalue weighted by Crippen LogP contribution is -2.31. The molecule has 0 spiro atoms. The van der Waals surface area contributed by atoms with Crippen molar-refractivity contribution in [3.63, 3.8) is 0 Å². The van der Waals surface area contributed by atoms with E-state index in [9.17, 15) is 0 Å². The minimum atomic E-state index is 0.103. The van der Waals surface area contributed by atoms with Gasteiger partial charge in [-0.2, -0.15) is 0 Å². The Morgan fingerprint density at radius 3 is 2.47 bits per heavy atom. The molecule has 1 aromatic heterocycles. The van der Waals surface area contributed by atoms with E-state index in [1.54, 1.807) is 6.33 Å². The molecule has 1 unspecified atom stereocenters. The first-order valence-corrected chi connectivity index (χ1v) is 5.79. The average Bonchev–Trinajstić information content (AvgIpc) is 2.79. The van der Waals surface area contributed by atoms with Crippen LogP contribution in [0.4, 0.5) is 0 Å².